The van der Waals surface area contributed by atoms with Gasteiger partial charge in [0.2, 0.25) is 0 Å². The Balaban J connectivity index is 2.00. The maximum absolute atomic E-state index is 13.2. The lowest BCUT2D eigenvalue weighted by atomic mass is 10.2. The fourth-order valence-corrected chi connectivity index (χ4v) is 5.68. The van der Waals surface area contributed by atoms with E-state index in [9.17, 15) is 9.59 Å². The second kappa shape index (κ2) is 6.99. The summed E-state index contributed by atoms with van der Waals surface area (Å²) in [6.07, 6.45) is 1.65. The molecule has 0 fully saturated rings. The van der Waals surface area contributed by atoms with Crippen molar-refractivity contribution in [2.45, 2.75) is 18.4 Å². The molecule has 9 heteroatoms. The predicted octanol–water partition coefficient (Wildman–Crippen LogP) is 1.07. The summed E-state index contributed by atoms with van der Waals surface area (Å²) in [6.45, 7) is 5.81. The Bertz CT molecular complexity index is 1220. The summed E-state index contributed by atoms with van der Waals surface area (Å²) in [6, 6.07) is 5.83. The Morgan fingerprint density at radius 2 is 2.14 bits per heavy atom. The standard InChI is InChI=1S/C19H18N4O3S2/c1-5-8-23-17(25)15(28-18(23)14-10(2)20-21-16(14)24)19-22(3)12-9-11(26-4)6-7-13(12)27-19/h5-7,9H,1,8H2,2-4H3,(H,21,24). The zero-order chi connectivity index (χ0) is 20.0. The lowest BCUT2D eigenvalue weighted by Crippen LogP contribution is -2.35. The molecule has 0 bridgehead atoms. The van der Waals surface area contributed by atoms with Crippen molar-refractivity contribution in [3.63, 3.8) is 0 Å². The first-order valence-corrected chi connectivity index (χ1v) is 10.1. The number of nitrogens with one attached hydrogen (secondary N) is 1. The largest absolute Gasteiger partial charge is 0.497 e. The van der Waals surface area contributed by atoms with E-state index in [1.54, 1.807) is 24.7 Å². The number of thioether (sulfide) groups is 1. The number of hydrogen-bond donors (Lipinski definition) is 1. The number of benzene rings is 1. The van der Waals surface area contributed by atoms with Crippen LogP contribution in [0.3, 0.4) is 0 Å². The Labute approximate surface area is 169 Å². The Morgan fingerprint density at radius 3 is 2.79 bits per heavy atom. The zero-order valence-electron chi connectivity index (χ0n) is 15.6. The Hall–Kier alpha value is -2.78. The molecule has 0 spiro atoms. The number of fused-ring (bicyclic) bond motifs is 1. The molecule has 28 heavy (non-hydrogen) atoms. The minimum atomic E-state index is -0.298. The summed E-state index contributed by atoms with van der Waals surface area (Å²) < 4.78 is 8.07. The van der Waals surface area contributed by atoms with Crippen molar-refractivity contribution < 1.29 is 9.53 Å². The SMILES string of the molecule is C=CCn1c(=C2C(=O)NN=C2C)sc(=C2Sc3ccc(OC)cc3N2C)c1=O. The van der Waals surface area contributed by atoms with Crippen molar-refractivity contribution in [1.82, 2.24) is 9.99 Å². The Kier molecular flexibility index (Phi) is 4.64. The second-order valence-corrected chi connectivity index (χ2v) is 8.28. The quantitative estimate of drug-likeness (QED) is 0.761. The van der Waals surface area contributed by atoms with E-state index in [0.717, 1.165) is 21.4 Å². The van der Waals surface area contributed by atoms with Gasteiger partial charge in [-0.15, -0.1) is 17.9 Å². The molecule has 1 aromatic heterocycles. The van der Waals surface area contributed by atoms with Gasteiger partial charge in [-0.05, 0) is 19.1 Å². The van der Waals surface area contributed by atoms with Crippen molar-refractivity contribution in [1.29, 1.82) is 0 Å². The number of methoxy groups -OCH3 is 1. The van der Waals surface area contributed by atoms with Crippen LogP contribution < -0.4 is 29.8 Å². The maximum Gasteiger partial charge on any atom is 0.276 e. The van der Waals surface area contributed by atoms with Gasteiger partial charge in [-0.25, -0.2) is 5.43 Å². The number of carbonyl (C=O) groups is 1. The van der Waals surface area contributed by atoms with Crippen LogP contribution in [0, 0.1) is 0 Å². The Morgan fingerprint density at radius 1 is 1.36 bits per heavy atom. The number of ether oxygens (including phenoxy) is 1. The lowest BCUT2D eigenvalue weighted by molar-refractivity contribution is -0.115. The number of carbonyl (C=O) groups excluding carboxylic acids is 1. The van der Waals surface area contributed by atoms with Gasteiger partial charge in [-0.2, -0.15) is 5.10 Å². The van der Waals surface area contributed by atoms with Crippen molar-refractivity contribution in [2.75, 3.05) is 19.1 Å². The molecule has 1 N–H and O–H groups in total. The molecular formula is C19H18N4O3S2. The van der Waals surface area contributed by atoms with Crippen molar-refractivity contribution in [3.05, 3.63) is 50.4 Å². The summed E-state index contributed by atoms with van der Waals surface area (Å²) in [5, 5.41) is 4.82. The molecule has 0 saturated carbocycles. The molecule has 1 aromatic carbocycles. The van der Waals surface area contributed by atoms with Crippen molar-refractivity contribution in [2.24, 2.45) is 5.10 Å². The van der Waals surface area contributed by atoms with E-state index >= 15 is 0 Å². The minimum absolute atomic E-state index is 0.144. The molecule has 0 atom stereocenters. The molecule has 0 aliphatic carbocycles. The molecular weight excluding hydrogens is 396 g/mol. The first-order chi connectivity index (χ1) is 13.5. The van der Waals surface area contributed by atoms with E-state index in [1.807, 2.05) is 30.1 Å². The first-order valence-electron chi connectivity index (χ1n) is 8.50. The molecule has 3 heterocycles. The summed E-state index contributed by atoms with van der Waals surface area (Å²) >= 11 is 2.84. The topological polar surface area (TPSA) is 75.9 Å². The normalized spacial score (nSPS) is 19.5. The van der Waals surface area contributed by atoms with E-state index in [1.165, 1.54) is 23.1 Å². The monoisotopic (exact) mass is 414 g/mol. The summed E-state index contributed by atoms with van der Waals surface area (Å²) in [5.74, 6) is 0.460. The highest BCUT2D eigenvalue weighted by Gasteiger charge is 2.27. The molecule has 1 amide bonds. The number of hydrogen-bond acceptors (Lipinski definition) is 7. The fraction of sp³-hybridized carbons (Fsp3) is 0.211. The third-order valence-electron chi connectivity index (χ3n) is 4.56. The molecule has 144 valence electrons. The summed E-state index contributed by atoms with van der Waals surface area (Å²) in [5.41, 5.74) is 4.30. The van der Waals surface area contributed by atoms with E-state index in [4.69, 9.17) is 4.74 Å². The average Bonchev–Trinajstić information content (AvgIpc) is 3.30. The molecule has 0 unspecified atom stereocenters. The van der Waals surface area contributed by atoms with Crippen LogP contribution in [0.15, 0.2) is 45.6 Å². The molecule has 2 aromatic rings. The third-order valence-corrected chi connectivity index (χ3v) is 7.11. The van der Waals surface area contributed by atoms with Crippen LogP contribution in [0.1, 0.15) is 6.92 Å². The van der Waals surface area contributed by atoms with Crippen LogP contribution in [-0.2, 0) is 11.3 Å². The number of thiazole rings is 1. The van der Waals surface area contributed by atoms with Gasteiger partial charge in [0.25, 0.3) is 11.5 Å². The predicted molar refractivity (Wildman–Crippen MR) is 113 cm³/mol. The van der Waals surface area contributed by atoms with Crippen LogP contribution in [0.5, 0.6) is 5.75 Å². The first kappa shape index (κ1) is 18.6. The minimum Gasteiger partial charge on any atom is -0.497 e. The highest BCUT2D eigenvalue weighted by molar-refractivity contribution is 8.08. The smallest absolute Gasteiger partial charge is 0.276 e. The van der Waals surface area contributed by atoms with E-state index in [0.29, 0.717) is 27.0 Å². The fourth-order valence-electron chi connectivity index (χ4n) is 3.14. The molecule has 7 nitrogen and oxygen atoms in total. The highest BCUT2D eigenvalue weighted by atomic mass is 32.2. The van der Waals surface area contributed by atoms with Crippen LogP contribution in [0.25, 0.3) is 10.6 Å². The number of anilines is 1. The lowest BCUT2D eigenvalue weighted by Gasteiger charge is -2.13. The van der Waals surface area contributed by atoms with Crippen LogP contribution in [0.4, 0.5) is 5.69 Å². The van der Waals surface area contributed by atoms with Gasteiger partial charge in [0.1, 0.15) is 20.0 Å². The maximum atomic E-state index is 13.2. The second-order valence-electron chi connectivity index (χ2n) is 6.25. The van der Waals surface area contributed by atoms with Crippen LogP contribution >= 0.6 is 23.1 Å². The van der Waals surface area contributed by atoms with Gasteiger partial charge in [0.05, 0.1) is 24.1 Å². The van der Waals surface area contributed by atoms with Crippen LogP contribution in [0.2, 0.25) is 0 Å². The van der Waals surface area contributed by atoms with Gasteiger partial charge in [0, 0.05) is 24.6 Å². The van der Waals surface area contributed by atoms with E-state index < -0.39 is 0 Å². The van der Waals surface area contributed by atoms with E-state index in [-0.39, 0.29) is 11.5 Å². The summed E-state index contributed by atoms with van der Waals surface area (Å²) in [7, 11) is 3.55. The summed E-state index contributed by atoms with van der Waals surface area (Å²) in [4.78, 5) is 28.5. The van der Waals surface area contributed by atoms with Gasteiger partial charge in [-0.3, -0.25) is 14.2 Å². The van der Waals surface area contributed by atoms with Gasteiger partial charge in [0.15, 0.2) is 0 Å². The zero-order valence-corrected chi connectivity index (χ0v) is 17.2. The third kappa shape index (κ3) is 2.78. The molecule has 2 aliphatic rings. The molecule has 0 saturated heterocycles. The molecule has 4 rings (SSSR count). The molecule has 2 aliphatic heterocycles. The number of amides is 1. The van der Waals surface area contributed by atoms with Gasteiger partial charge >= 0.3 is 0 Å². The number of hydrazone groups is 1. The number of rotatable bonds is 3. The number of aromatic nitrogens is 1. The van der Waals surface area contributed by atoms with E-state index in [2.05, 4.69) is 17.1 Å². The van der Waals surface area contributed by atoms with Gasteiger partial charge < -0.3 is 9.64 Å². The van der Waals surface area contributed by atoms with Gasteiger partial charge in [-0.1, -0.05) is 17.8 Å². The van der Waals surface area contributed by atoms with Crippen molar-refractivity contribution in [3.8, 4) is 5.75 Å². The number of nitrogens with zero attached hydrogens (tertiary/aromatic N) is 3. The highest BCUT2D eigenvalue weighted by Crippen LogP contribution is 2.46. The number of allylic oxidation sites excluding steroid dienone is 1. The van der Waals surface area contributed by atoms with Crippen molar-refractivity contribution >= 4 is 51.0 Å². The molecule has 0 radical (unpaired) electrons. The van der Waals surface area contributed by atoms with Crippen LogP contribution in [-0.4, -0.2) is 30.3 Å². The average molecular weight is 415 g/mol.